The van der Waals surface area contributed by atoms with Gasteiger partial charge >= 0.3 is 0 Å². The molecule has 0 aliphatic carbocycles. The molecule has 1 N–H and O–H groups in total. The first kappa shape index (κ1) is 13.9. The van der Waals surface area contributed by atoms with Crippen LogP contribution in [0.3, 0.4) is 0 Å². The molecule has 0 aromatic heterocycles. The van der Waals surface area contributed by atoms with Gasteiger partial charge in [0.05, 0.1) is 12.2 Å². The molecule has 0 radical (unpaired) electrons. The average Bonchev–Trinajstić information content (AvgIpc) is 2.88. The Balaban J connectivity index is 2.19. The summed E-state index contributed by atoms with van der Waals surface area (Å²) in [6.45, 7) is 4.19. The zero-order valence-electron chi connectivity index (χ0n) is 11.7. The third kappa shape index (κ3) is 3.07. The number of hydrogen-bond acceptors (Lipinski definition) is 3. The van der Waals surface area contributed by atoms with Crippen LogP contribution in [-0.2, 0) is 0 Å². The molecule has 1 amide bonds. The molecule has 1 saturated heterocycles. The molecule has 1 aliphatic heterocycles. The number of likely N-dealkylation sites (N-methyl/N-ethyl adjacent to an activating group) is 1. The lowest BCUT2D eigenvalue weighted by atomic mass is 10.1. The normalized spacial score (nSPS) is 18.6. The van der Waals surface area contributed by atoms with Gasteiger partial charge in [0, 0.05) is 19.1 Å². The summed E-state index contributed by atoms with van der Waals surface area (Å²) in [5, 5.41) is 3.16. The molecule has 4 nitrogen and oxygen atoms in total. The van der Waals surface area contributed by atoms with E-state index in [2.05, 4.69) is 5.32 Å². The van der Waals surface area contributed by atoms with Crippen LogP contribution >= 0.6 is 0 Å². The van der Waals surface area contributed by atoms with Crippen molar-refractivity contribution in [1.82, 2.24) is 10.2 Å². The first-order valence-electron chi connectivity index (χ1n) is 6.95. The Morgan fingerprint density at radius 3 is 3.00 bits per heavy atom. The van der Waals surface area contributed by atoms with Gasteiger partial charge in [0.25, 0.3) is 5.91 Å². The van der Waals surface area contributed by atoms with Crippen molar-refractivity contribution in [3.05, 3.63) is 29.8 Å². The van der Waals surface area contributed by atoms with E-state index in [0.717, 1.165) is 25.9 Å². The van der Waals surface area contributed by atoms with Crippen LogP contribution in [0.25, 0.3) is 0 Å². The Morgan fingerprint density at radius 1 is 1.47 bits per heavy atom. The molecule has 0 saturated carbocycles. The highest BCUT2D eigenvalue weighted by molar-refractivity contribution is 5.97. The highest BCUT2D eigenvalue weighted by Crippen LogP contribution is 2.24. The van der Waals surface area contributed by atoms with Crippen molar-refractivity contribution < 1.29 is 9.53 Å². The molecule has 1 unspecified atom stereocenters. The van der Waals surface area contributed by atoms with Crippen LogP contribution in [-0.4, -0.2) is 43.6 Å². The number of nitrogens with zero attached hydrogens (tertiary/aromatic N) is 1. The maximum absolute atomic E-state index is 12.6. The molecular weight excluding hydrogens is 240 g/mol. The summed E-state index contributed by atoms with van der Waals surface area (Å²) < 4.78 is 5.55. The minimum Gasteiger partial charge on any atom is -0.493 e. The largest absolute Gasteiger partial charge is 0.493 e. The first-order chi connectivity index (χ1) is 9.27. The standard InChI is InChI=1S/C15H22N2O2/c1-3-19-14-9-5-4-8-13(14)15(18)17-10-6-7-12(17)11-16-2/h4-5,8-9,12,16H,3,6-7,10-11H2,1-2H3. The van der Waals surface area contributed by atoms with Gasteiger partial charge in [-0.15, -0.1) is 0 Å². The molecule has 1 aromatic rings. The Kier molecular flexibility index (Phi) is 4.80. The van der Waals surface area contributed by atoms with Crippen LogP contribution in [0.5, 0.6) is 5.75 Å². The predicted octanol–water partition coefficient (Wildman–Crippen LogP) is 1.91. The van der Waals surface area contributed by atoms with E-state index in [0.29, 0.717) is 24.0 Å². The van der Waals surface area contributed by atoms with Crippen molar-refractivity contribution in [2.45, 2.75) is 25.8 Å². The molecule has 0 bridgehead atoms. The lowest BCUT2D eigenvalue weighted by Gasteiger charge is -2.25. The summed E-state index contributed by atoms with van der Waals surface area (Å²) in [7, 11) is 1.93. The second kappa shape index (κ2) is 6.57. The molecule has 1 fully saturated rings. The number of carbonyl (C=O) groups excluding carboxylic acids is 1. The Morgan fingerprint density at radius 2 is 2.26 bits per heavy atom. The SMILES string of the molecule is CCOc1ccccc1C(=O)N1CCCC1CNC. The van der Waals surface area contributed by atoms with Crippen LogP contribution in [0.1, 0.15) is 30.1 Å². The number of para-hydroxylation sites is 1. The van der Waals surface area contributed by atoms with E-state index < -0.39 is 0 Å². The molecule has 19 heavy (non-hydrogen) atoms. The van der Waals surface area contributed by atoms with Crippen molar-refractivity contribution >= 4 is 5.91 Å². The number of benzene rings is 1. The molecule has 1 heterocycles. The van der Waals surface area contributed by atoms with Gasteiger partial charge in [0.15, 0.2) is 0 Å². The fraction of sp³-hybridized carbons (Fsp3) is 0.533. The maximum Gasteiger partial charge on any atom is 0.257 e. The van der Waals surface area contributed by atoms with E-state index in [1.807, 2.05) is 43.1 Å². The minimum atomic E-state index is 0.0850. The summed E-state index contributed by atoms with van der Waals surface area (Å²) in [6, 6.07) is 7.80. The smallest absolute Gasteiger partial charge is 0.257 e. The van der Waals surface area contributed by atoms with E-state index in [1.165, 1.54) is 0 Å². The van der Waals surface area contributed by atoms with Gasteiger partial charge < -0.3 is 15.0 Å². The molecule has 1 aromatic carbocycles. The van der Waals surface area contributed by atoms with Gasteiger partial charge in [-0.1, -0.05) is 12.1 Å². The summed E-state index contributed by atoms with van der Waals surface area (Å²) in [5.41, 5.74) is 0.673. The second-order valence-electron chi connectivity index (χ2n) is 4.78. The number of ether oxygens (including phenoxy) is 1. The molecule has 104 valence electrons. The average molecular weight is 262 g/mol. The highest BCUT2D eigenvalue weighted by Gasteiger charge is 2.30. The van der Waals surface area contributed by atoms with E-state index in [-0.39, 0.29) is 5.91 Å². The molecular formula is C15H22N2O2. The Bertz CT molecular complexity index is 434. The van der Waals surface area contributed by atoms with Crippen LogP contribution in [0, 0.1) is 0 Å². The first-order valence-corrected chi connectivity index (χ1v) is 6.95. The zero-order chi connectivity index (χ0) is 13.7. The van der Waals surface area contributed by atoms with Gasteiger partial charge in [0.1, 0.15) is 5.75 Å². The van der Waals surface area contributed by atoms with Crippen molar-refractivity contribution in [3.8, 4) is 5.75 Å². The summed E-state index contributed by atoms with van der Waals surface area (Å²) in [5.74, 6) is 0.770. The topological polar surface area (TPSA) is 41.6 Å². The summed E-state index contributed by atoms with van der Waals surface area (Å²) in [4.78, 5) is 14.6. The zero-order valence-corrected chi connectivity index (χ0v) is 11.7. The number of nitrogens with one attached hydrogen (secondary N) is 1. The van der Waals surface area contributed by atoms with Crippen molar-refractivity contribution in [2.75, 3.05) is 26.7 Å². The van der Waals surface area contributed by atoms with Crippen molar-refractivity contribution in [3.63, 3.8) is 0 Å². The van der Waals surface area contributed by atoms with Gasteiger partial charge in [0.2, 0.25) is 0 Å². The van der Waals surface area contributed by atoms with Crippen LogP contribution in [0.2, 0.25) is 0 Å². The Hall–Kier alpha value is -1.55. The number of carbonyl (C=O) groups is 1. The van der Waals surface area contributed by atoms with E-state index in [9.17, 15) is 4.79 Å². The quantitative estimate of drug-likeness (QED) is 0.881. The monoisotopic (exact) mass is 262 g/mol. The fourth-order valence-electron chi connectivity index (χ4n) is 2.63. The van der Waals surface area contributed by atoms with E-state index >= 15 is 0 Å². The lowest BCUT2D eigenvalue weighted by molar-refractivity contribution is 0.0733. The van der Waals surface area contributed by atoms with Crippen LogP contribution in [0.4, 0.5) is 0 Å². The second-order valence-corrected chi connectivity index (χ2v) is 4.78. The summed E-state index contributed by atoms with van der Waals surface area (Å²) in [6.07, 6.45) is 2.15. The number of hydrogen-bond donors (Lipinski definition) is 1. The summed E-state index contributed by atoms with van der Waals surface area (Å²) >= 11 is 0. The molecule has 1 atom stereocenters. The van der Waals surface area contributed by atoms with Crippen molar-refractivity contribution in [2.24, 2.45) is 0 Å². The molecule has 0 spiro atoms. The number of amides is 1. The highest BCUT2D eigenvalue weighted by atomic mass is 16.5. The minimum absolute atomic E-state index is 0.0850. The third-order valence-corrected chi connectivity index (χ3v) is 3.50. The lowest BCUT2D eigenvalue weighted by Crippen LogP contribution is -2.40. The van der Waals surface area contributed by atoms with Gasteiger partial charge in [-0.05, 0) is 38.9 Å². The van der Waals surface area contributed by atoms with Crippen LogP contribution in [0.15, 0.2) is 24.3 Å². The number of likely N-dealkylation sites (tertiary alicyclic amines) is 1. The third-order valence-electron chi connectivity index (χ3n) is 3.50. The molecule has 4 heteroatoms. The predicted molar refractivity (Wildman–Crippen MR) is 75.6 cm³/mol. The molecule has 2 rings (SSSR count). The Labute approximate surface area is 114 Å². The number of rotatable bonds is 5. The van der Waals surface area contributed by atoms with E-state index in [1.54, 1.807) is 0 Å². The van der Waals surface area contributed by atoms with Gasteiger partial charge in [-0.25, -0.2) is 0 Å². The van der Waals surface area contributed by atoms with Gasteiger partial charge in [-0.2, -0.15) is 0 Å². The molecule has 1 aliphatic rings. The van der Waals surface area contributed by atoms with Gasteiger partial charge in [-0.3, -0.25) is 4.79 Å². The van der Waals surface area contributed by atoms with Crippen molar-refractivity contribution in [1.29, 1.82) is 0 Å². The van der Waals surface area contributed by atoms with Crippen LogP contribution < -0.4 is 10.1 Å². The maximum atomic E-state index is 12.6. The van der Waals surface area contributed by atoms with E-state index in [4.69, 9.17) is 4.74 Å². The fourth-order valence-corrected chi connectivity index (χ4v) is 2.63.